The van der Waals surface area contributed by atoms with Crippen molar-refractivity contribution >= 4 is 34.9 Å². The number of carboxylic acid groups (broad SMARTS) is 1. The third-order valence-electron chi connectivity index (χ3n) is 4.55. The number of hydrogen-bond acceptors (Lipinski definition) is 5. The molecule has 0 unspecified atom stereocenters. The number of thiophene rings is 1. The van der Waals surface area contributed by atoms with E-state index in [9.17, 15) is 4.79 Å². The molecule has 29 heavy (non-hydrogen) atoms. The molecule has 0 fully saturated rings. The summed E-state index contributed by atoms with van der Waals surface area (Å²) in [6.07, 6.45) is 7.35. The van der Waals surface area contributed by atoms with Crippen molar-refractivity contribution in [1.82, 2.24) is 9.97 Å². The number of hydrogen-bond donors (Lipinski definition) is 2. The number of aromatic nitrogens is 2. The number of aromatic carboxylic acids is 1. The average molecular weight is 408 g/mol. The molecule has 5 nitrogen and oxygen atoms in total. The van der Waals surface area contributed by atoms with Gasteiger partial charge in [0.1, 0.15) is 5.82 Å². The molecule has 1 aromatic carbocycles. The molecule has 0 radical (unpaired) electrons. The Morgan fingerprint density at radius 3 is 2.55 bits per heavy atom. The molecule has 0 aliphatic rings. The molecule has 0 amide bonds. The van der Waals surface area contributed by atoms with Crippen molar-refractivity contribution in [3.63, 3.8) is 0 Å². The maximum Gasteiger partial charge on any atom is 0.335 e. The Hall–Kier alpha value is -2.99. The van der Waals surface area contributed by atoms with Gasteiger partial charge in [-0.25, -0.2) is 14.8 Å². The number of benzene rings is 1. The summed E-state index contributed by atoms with van der Waals surface area (Å²) < 4.78 is 0. The van der Waals surface area contributed by atoms with Crippen LogP contribution in [0.3, 0.4) is 0 Å². The molecule has 0 atom stereocenters. The zero-order chi connectivity index (χ0) is 20.8. The van der Waals surface area contributed by atoms with Gasteiger partial charge in [-0.2, -0.15) is 0 Å². The van der Waals surface area contributed by atoms with Gasteiger partial charge in [-0.1, -0.05) is 26.3 Å². The van der Waals surface area contributed by atoms with Crippen molar-refractivity contribution < 1.29 is 9.90 Å². The van der Waals surface area contributed by atoms with Gasteiger partial charge in [-0.3, -0.25) is 0 Å². The van der Waals surface area contributed by atoms with Crippen LogP contribution in [-0.2, 0) is 6.42 Å². The minimum Gasteiger partial charge on any atom is -0.478 e. The van der Waals surface area contributed by atoms with E-state index in [-0.39, 0.29) is 5.56 Å². The van der Waals surface area contributed by atoms with Crippen LogP contribution in [-0.4, -0.2) is 21.0 Å². The maximum absolute atomic E-state index is 11.1. The van der Waals surface area contributed by atoms with Gasteiger partial charge in [-0.05, 0) is 62.2 Å². The summed E-state index contributed by atoms with van der Waals surface area (Å²) in [5.41, 5.74) is 3.05. The van der Waals surface area contributed by atoms with E-state index in [4.69, 9.17) is 15.1 Å². The Balaban J connectivity index is 1.91. The van der Waals surface area contributed by atoms with E-state index in [0.29, 0.717) is 5.82 Å². The van der Waals surface area contributed by atoms with E-state index in [1.165, 1.54) is 4.88 Å². The molecule has 0 aliphatic carbocycles. The van der Waals surface area contributed by atoms with Crippen LogP contribution in [0.25, 0.3) is 16.8 Å². The molecule has 2 aromatic heterocycles. The van der Waals surface area contributed by atoms with Crippen LogP contribution < -0.4 is 5.32 Å². The molecule has 3 aromatic rings. The molecular formula is C23H25N3O2S. The van der Waals surface area contributed by atoms with Crippen molar-refractivity contribution in [2.24, 2.45) is 0 Å². The Bertz CT molecular complexity index is 1020. The second kappa shape index (κ2) is 9.47. The topological polar surface area (TPSA) is 75.1 Å². The van der Waals surface area contributed by atoms with E-state index < -0.39 is 5.97 Å². The number of nitrogens with zero attached hydrogens (tertiary/aromatic N) is 2. The first kappa shape index (κ1) is 20.7. The van der Waals surface area contributed by atoms with Crippen molar-refractivity contribution in [2.75, 3.05) is 5.32 Å². The fraction of sp³-hybridized carbons (Fsp3) is 0.261. The van der Waals surface area contributed by atoms with Crippen molar-refractivity contribution in [1.29, 1.82) is 0 Å². The van der Waals surface area contributed by atoms with Crippen LogP contribution in [0, 0.1) is 6.92 Å². The van der Waals surface area contributed by atoms with Crippen LogP contribution >= 0.6 is 11.3 Å². The quantitative estimate of drug-likeness (QED) is 0.456. The van der Waals surface area contributed by atoms with E-state index >= 15 is 0 Å². The molecule has 0 bridgehead atoms. The first-order valence-electron chi connectivity index (χ1n) is 9.76. The third-order valence-corrected chi connectivity index (χ3v) is 5.59. The first-order chi connectivity index (χ1) is 14.0. The van der Waals surface area contributed by atoms with E-state index in [1.54, 1.807) is 35.6 Å². The smallest absolute Gasteiger partial charge is 0.335 e. The number of rotatable bonds is 8. The fourth-order valence-corrected chi connectivity index (χ4v) is 3.87. The van der Waals surface area contributed by atoms with E-state index in [1.807, 2.05) is 6.92 Å². The highest BCUT2D eigenvalue weighted by atomic mass is 32.1. The van der Waals surface area contributed by atoms with Gasteiger partial charge in [0.05, 0.1) is 10.4 Å². The lowest BCUT2D eigenvalue weighted by Gasteiger charge is -2.13. The molecule has 0 spiro atoms. The molecule has 6 heteroatoms. The monoisotopic (exact) mass is 407 g/mol. The van der Waals surface area contributed by atoms with Crippen LogP contribution in [0.2, 0.25) is 0 Å². The first-order valence-corrected chi connectivity index (χ1v) is 10.6. The molecule has 0 aliphatic heterocycles. The van der Waals surface area contributed by atoms with Crippen LogP contribution in [0.4, 0.5) is 11.5 Å². The van der Waals surface area contributed by atoms with Gasteiger partial charge in [0.2, 0.25) is 0 Å². The van der Waals surface area contributed by atoms with Gasteiger partial charge >= 0.3 is 5.97 Å². The molecule has 0 saturated carbocycles. The number of unbranched alkanes of at least 4 members (excludes halogenated alkanes) is 1. The summed E-state index contributed by atoms with van der Waals surface area (Å²) in [6.45, 7) is 6.24. The molecule has 2 N–H and O–H groups in total. The Morgan fingerprint density at radius 1 is 1.14 bits per heavy atom. The van der Waals surface area contributed by atoms with Gasteiger partial charge < -0.3 is 10.4 Å². The van der Waals surface area contributed by atoms with Gasteiger partial charge in [0, 0.05) is 21.8 Å². The lowest BCUT2D eigenvalue weighted by atomic mass is 10.1. The standard InChI is InChI=1S/C23H25N3O2S/c1-4-6-7-8-18-13-14-20(29-18)22-24-15(3)19(5-2)21(26-22)25-17-11-9-16(10-12-17)23(27)28/h7-14H,4-6H2,1-3H3,(H,27,28)(H,24,25,26)/b8-7+. The van der Waals surface area contributed by atoms with Crippen LogP contribution in [0.15, 0.2) is 42.5 Å². The highest BCUT2D eigenvalue weighted by Gasteiger charge is 2.14. The molecular weight excluding hydrogens is 382 g/mol. The minimum absolute atomic E-state index is 0.257. The number of aryl methyl sites for hydroxylation is 1. The second-order valence-electron chi connectivity index (χ2n) is 6.71. The summed E-state index contributed by atoms with van der Waals surface area (Å²) >= 11 is 1.67. The van der Waals surface area contributed by atoms with Crippen molar-refractivity contribution in [3.8, 4) is 10.7 Å². The number of anilines is 2. The van der Waals surface area contributed by atoms with Gasteiger partial charge in [0.25, 0.3) is 0 Å². The zero-order valence-corrected chi connectivity index (χ0v) is 17.7. The third kappa shape index (κ3) is 5.09. The average Bonchev–Trinajstić information content (AvgIpc) is 3.17. The number of allylic oxidation sites excluding steroid dienone is 1. The summed E-state index contributed by atoms with van der Waals surface area (Å²) in [5.74, 6) is 0.520. The highest BCUT2D eigenvalue weighted by Crippen LogP contribution is 2.30. The molecule has 2 heterocycles. The number of carboxylic acids is 1. The van der Waals surface area contributed by atoms with Crippen molar-refractivity contribution in [3.05, 3.63) is 64.2 Å². The summed E-state index contributed by atoms with van der Waals surface area (Å²) in [4.78, 5) is 22.8. The largest absolute Gasteiger partial charge is 0.478 e. The molecule has 150 valence electrons. The maximum atomic E-state index is 11.1. The van der Waals surface area contributed by atoms with Gasteiger partial charge in [-0.15, -0.1) is 11.3 Å². The molecule has 3 rings (SSSR count). The number of carbonyl (C=O) groups is 1. The summed E-state index contributed by atoms with van der Waals surface area (Å²) in [7, 11) is 0. The Morgan fingerprint density at radius 2 is 1.90 bits per heavy atom. The van der Waals surface area contributed by atoms with Crippen LogP contribution in [0.1, 0.15) is 53.2 Å². The van der Waals surface area contributed by atoms with E-state index in [2.05, 4.69) is 43.4 Å². The lowest BCUT2D eigenvalue weighted by molar-refractivity contribution is 0.0697. The normalized spacial score (nSPS) is 11.1. The van der Waals surface area contributed by atoms with Gasteiger partial charge in [0.15, 0.2) is 5.82 Å². The Labute approximate surface area is 175 Å². The summed E-state index contributed by atoms with van der Waals surface area (Å²) in [6, 6.07) is 10.8. The lowest BCUT2D eigenvalue weighted by Crippen LogP contribution is -2.05. The van der Waals surface area contributed by atoms with Crippen LogP contribution in [0.5, 0.6) is 0 Å². The second-order valence-corrected chi connectivity index (χ2v) is 7.83. The SMILES string of the molecule is CCC/C=C/c1ccc(-c2nc(C)c(CC)c(Nc3ccc(C(=O)O)cc3)n2)s1. The van der Waals surface area contributed by atoms with E-state index in [0.717, 1.165) is 46.9 Å². The van der Waals surface area contributed by atoms with Crippen molar-refractivity contribution in [2.45, 2.75) is 40.0 Å². The molecule has 0 saturated heterocycles. The zero-order valence-electron chi connectivity index (χ0n) is 16.9. The predicted octanol–water partition coefficient (Wildman–Crippen LogP) is 6.33. The fourth-order valence-electron chi connectivity index (χ4n) is 2.99. The minimum atomic E-state index is -0.938. The number of nitrogens with one attached hydrogen (secondary N) is 1. The highest BCUT2D eigenvalue weighted by molar-refractivity contribution is 7.16. The summed E-state index contributed by atoms with van der Waals surface area (Å²) in [5, 5.41) is 12.4. The Kier molecular flexibility index (Phi) is 6.77. The predicted molar refractivity (Wildman–Crippen MR) is 120 cm³/mol.